The molecule has 8 N–H and O–H groups in total. The van der Waals surface area contributed by atoms with E-state index in [2.05, 4.69) is 39.0 Å². The summed E-state index contributed by atoms with van der Waals surface area (Å²) in [4.78, 5) is 53.8. The van der Waals surface area contributed by atoms with Crippen molar-refractivity contribution in [1.29, 1.82) is 0 Å². The standard InChI is InChI=1S/C9H7NO6.C9H11NO2.C9H10O2.C9H12.CH2Cl2.Na.H2O/c11-7(10-16)4-1-5(8(12)13)3-6(2-4)9(14)15;1-6-3-7(2)5-8(4-6)9(11)10-12;1-6-3-7(2)5-8(4-6)9(10)11;1-7-4-8(2)6-9(3)5-7;2-1-3;;/h1-3,16H,(H,10,11)(H,12,13)(H,14,15);3-5,12H,1-2H3,(H,10,11);3-5H,1-2H3,(H,10,11);4-6H,1-3H3;1H2;;1H2/q;;;;;+1;/p-1. The zero-order valence-corrected chi connectivity index (χ0v) is 34.1. The molecule has 0 spiro atoms. The van der Waals surface area contributed by atoms with Crippen LogP contribution in [0.4, 0.5) is 0 Å². The number of nitrogens with one attached hydrogen (secondary N) is 2. The van der Waals surface area contributed by atoms with Crippen LogP contribution in [0.25, 0.3) is 0 Å². The van der Waals surface area contributed by atoms with Crippen LogP contribution < -0.4 is 40.5 Å². The summed E-state index contributed by atoms with van der Waals surface area (Å²) >= 11 is 9.53. The van der Waals surface area contributed by atoms with Crippen molar-refractivity contribution in [1.82, 2.24) is 11.0 Å². The molecule has 0 aromatic heterocycles. The second kappa shape index (κ2) is 27.3. The number of carbonyl (C=O) groups is 5. The fraction of sp³-hybridized carbons (Fsp3) is 0.216. The predicted molar refractivity (Wildman–Crippen MR) is 197 cm³/mol. The van der Waals surface area contributed by atoms with E-state index >= 15 is 0 Å². The van der Waals surface area contributed by atoms with Crippen LogP contribution in [0.15, 0.2) is 72.8 Å². The van der Waals surface area contributed by atoms with Gasteiger partial charge in [0.15, 0.2) is 0 Å². The molecular weight excluding hydrogens is 742 g/mol. The molecule has 0 heterocycles. The normalized spacial score (nSPS) is 9.04. The zero-order chi connectivity index (χ0) is 39.4. The van der Waals surface area contributed by atoms with Crippen LogP contribution in [0, 0.1) is 48.5 Å². The molecule has 13 nitrogen and oxygen atoms in total. The van der Waals surface area contributed by atoms with Crippen molar-refractivity contribution in [2.24, 2.45) is 0 Å². The number of benzene rings is 4. The molecule has 16 heteroatoms. The van der Waals surface area contributed by atoms with Crippen molar-refractivity contribution in [2.75, 3.05) is 5.34 Å². The van der Waals surface area contributed by atoms with Gasteiger partial charge >= 0.3 is 47.5 Å². The van der Waals surface area contributed by atoms with Gasteiger partial charge in [-0.1, -0.05) is 69.3 Å². The molecule has 4 aromatic carbocycles. The fourth-order valence-corrected chi connectivity index (χ4v) is 4.54. The summed E-state index contributed by atoms with van der Waals surface area (Å²) in [6, 6.07) is 20.1. The monoisotopic (exact) mass is 784 g/mol. The Hall–Kier alpha value is -4.31. The minimum absolute atomic E-state index is 0. The van der Waals surface area contributed by atoms with E-state index in [1.54, 1.807) is 29.7 Å². The summed E-state index contributed by atoms with van der Waals surface area (Å²) in [5, 5.41) is 42.9. The molecule has 0 fully saturated rings. The summed E-state index contributed by atoms with van der Waals surface area (Å²) in [5.74, 6) is -5.05. The molecule has 0 atom stereocenters. The third kappa shape index (κ3) is 21.7. The smallest absolute Gasteiger partial charge is 0.870 e. The van der Waals surface area contributed by atoms with E-state index in [1.165, 1.54) is 22.2 Å². The molecule has 4 aromatic rings. The van der Waals surface area contributed by atoms with Crippen molar-refractivity contribution < 1.29 is 84.7 Å². The van der Waals surface area contributed by atoms with Gasteiger partial charge in [0.25, 0.3) is 11.8 Å². The van der Waals surface area contributed by atoms with E-state index < -0.39 is 29.7 Å². The van der Waals surface area contributed by atoms with Gasteiger partial charge in [0.2, 0.25) is 0 Å². The van der Waals surface area contributed by atoms with E-state index in [-0.39, 0.29) is 57.1 Å². The zero-order valence-electron chi connectivity index (χ0n) is 30.6. The molecule has 0 unspecified atom stereocenters. The number of hydroxylamine groups is 2. The number of hydrogen-bond acceptors (Lipinski definition) is 8. The molecule has 0 aliphatic carbocycles. The van der Waals surface area contributed by atoms with Gasteiger partial charge < -0.3 is 20.8 Å². The maximum atomic E-state index is 11.0. The topological polar surface area (TPSA) is 241 Å². The van der Waals surface area contributed by atoms with Gasteiger partial charge in [-0.3, -0.25) is 20.0 Å². The fourth-order valence-electron chi connectivity index (χ4n) is 4.54. The largest absolute Gasteiger partial charge is 1.00 e. The number of aromatic carboxylic acids is 3. The Morgan fingerprint density at radius 3 is 0.830 bits per heavy atom. The van der Waals surface area contributed by atoms with Crippen LogP contribution in [0.3, 0.4) is 0 Å². The van der Waals surface area contributed by atoms with Gasteiger partial charge in [-0.05, 0) is 90.9 Å². The first-order valence-corrected chi connectivity index (χ1v) is 15.9. The Kier molecular flexibility index (Phi) is 27.3. The number of carboxylic acid groups (broad SMARTS) is 3. The summed E-state index contributed by atoms with van der Waals surface area (Å²) < 4.78 is 0. The molecule has 2 amide bonds. The van der Waals surface area contributed by atoms with Crippen LogP contribution in [0.2, 0.25) is 0 Å². The van der Waals surface area contributed by atoms with Gasteiger partial charge in [0.05, 0.1) is 22.0 Å². The molecule has 282 valence electrons. The summed E-state index contributed by atoms with van der Waals surface area (Å²) in [6.45, 7) is 14.0. The quantitative estimate of drug-likeness (QED) is 0.0644. The first kappa shape index (κ1) is 53.0. The molecule has 0 saturated carbocycles. The van der Waals surface area contributed by atoms with Gasteiger partial charge in [0, 0.05) is 11.1 Å². The number of aryl methyl sites for hydroxylation is 7. The number of hydrogen-bond donors (Lipinski definition) is 7. The average Bonchev–Trinajstić information content (AvgIpc) is 3.03. The van der Waals surface area contributed by atoms with Crippen molar-refractivity contribution in [3.05, 3.63) is 140 Å². The van der Waals surface area contributed by atoms with E-state index in [1.807, 2.05) is 39.8 Å². The summed E-state index contributed by atoms with van der Waals surface area (Å²) in [7, 11) is 0. The first-order chi connectivity index (χ1) is 23.8. The number of rotatable bonds is 5. The third-order valence-corrected chi connectivity index (χ3v) is 6.21. The number of alkyl halides is 2. The van der Waals surface area contributed by atoms with Gasteiger partial charge in [-0.2, -0.15) is 0 Å². The Morgan fingerprint density at radius 2 is 0.604 bits per heavy atom. The van der Waals surface area contributed by atoms with Crippen LogP contribution in [0.1, 0.15) is 90.7 Å². The second-order valence-corrected chi connectivity index (χ2v) is 11.9. The SMILES string of the molecule is Cc1cc(C)cc(C(=O)NO)c1.Cc1cc(C)cc(C(=O)O)c1.Cc1cc(C)cc(C)c1.ClCCl.O=C(O)c1cc(C(=O)O)cc(C(=O)NO)c1.[Na+].[OH-]. The van der Waals surface area contributed by atoms with E-state index in [9.17, 15) is 24.0 Å². The molecule has 0 aliphatic heterocycles. The summed E-state index contributed by atoms with van der Waals surface area (Å²) in [6.07, 6.45) is 0. The molecule has 4 rings (SSSR count). The van der Waals surface area contributed by atoms with E-state index in [0.717, 1.165) is 40.5 Å². The summed E-state index contributed by atoms with van der Waals surface area (Å²) in [5.41, 5.74) is 10.8. The van der Waals surface area contributed by atoms with Crippen LogP contribution in [-0.4, -0.2) is 66.3 Å². The van der Waals surface area contributed by atoms with E-state index in [0.29, 0.717) is 11.1 Å². The number of halogens is 2. The van der Waals surface area contributed by atoms with Gasteiger partial charge in [-0.15, -0.1) is 23.2 Å². The maximum absolute atomic E-state index is 11.0. The molecule has 0 aliphatic rings. The van der Waals surface area contributed by atoms with Crippen LogP contribution in [0.5, 0.6) is 0 Å². The van der Waals surface area contributed by atoms with Crippen molar-refractivity contribution in [3.63, 3.8) is 0 Å². The van der Waals surface area contributed by atoms with Crippen LogP contribution >= 0.6 is 23.2 Å². The minimum atomic E-state index is -1.37. The molecule has 0 saturated heterocycles. The predicted octanol–water partition coefficient (Wildman–Crippen LogP) is 4.49. The Morgan fingerprint density at radius 1 is 0.434 bits per heavy atom. The Bertz CT molecular complexity index is 1710. The van der Waals surface area contributed by atoms with Crippen molar-refractivity contribution in [2.45, 2.75) is 48.5 Å². The van der Waals surface area contributed by atoms with Crippen molar-refractivity contribution in [3.8, 4) is 0 Å². The molecule has 0 bridgehead atoms. The maximum Gasteiger partial charge on any atom is 1.00 e. The average molecular weight is 786 g/mol. The van der Waals surface area contributed by atoms with Gasteiger partial charge in [0.1, 0.15) is 0 Å². The van der Waals surface area contributed by atoms with Gasteiger partial charge in [-0.25, -0.2) is 25.3 Å². The molecule has 0 radical (unpaired) electrons. The van der Waals surface area contributed by atoms with Crippen LogP contribution in [-0.2, 0) is 0 Å². The first-order valence-electron chi connectivity index (χ1n) is 14.9. The number of amides is 2. The van der Waals surface area contributed by atoms with E-state index in [4.69, 9.17) is 48.9 Å². The Labute approximate surface area is 340 Å². The third-order valence-electron chi connectivity index (χ3n) is 6.21. The Balaban J connectivity index is -0.000000616. The molecular formula is C37H43Cl2N2NaO11. The molecule has 53 heavy (non-hydrogen) atoms. The second-order valence-electron chi connectivity index (χ2n) is 11.1. The number of carboxylic acids is 3. The number of carbonyl (C=O) groups excluding carboxylic acids is 2. The van der Waals surface area contributed by atoms with Crippen molar-refractivity contribution >= 4 is 52.9 Å². The minimum Gasteiger partial charge on any atom is -0.870 e.